The molecule has 0 saturated heterocycles. The summed E-state index contributed by atoms with van der Waals surface area (Å²) in [5, 5.41) is 4.71. The lowest BCUT2D eigenvalue weighted by atomic mass is 9.79. The lowest BCUT2D eigenvalue weighted by Gasteiger charge is -2.24. The van der Waals surface area contributed by atoms with E-state index in [4.69, 9.17) is 0 Å². The maximum absolute atomic E-state index is 14.2. The molecule has 0 unspecified atom stereocenters. The predicted molar refractivity (Wildman–Crippen MR) is 200 cm³/mol. The molecule has 7 aromatic rings. The molecule has 0 saturated carbocycles. The quantitative estimate of drug-likeness (QED) is 0.183. The maximum Gasteiger partial charge on any atom is 0.123 e. The molecule has 1 aliphatic carbocycles. The smallest absolute Gasteiger partial charge is 0.123 e. The molecule has 0 radical (unpaired) electrons. The second kappa shape index (κ2) is 11.1. The van der Waals surface area contributed by atoms with Gasteiger partial charge in [0.05, 0.1) is 0 Å². The predicted octanol–water partition coefficient (Wildman–Crippen LogP) is 13.1. The molecule has 1 aliphatic rings. The van der Waals surface area contributed by atoms with Crippen molar-refractivity contribution in [2.75, 3.05) is 0 Å². The molecule has 0 heterocycles. The van der Waals surface area contributed by atoms with E-state index in [0.29, 0.717) is 0 Å². The summed E-state index contributed by atoms with van der Waals surface area (Å²) in [6, 6.07) is 44.6. The van der Waals surface area contributed by atoms with Crippen molar-refractivity contribution in [3.63, 3.8) is 0 Å². The van der Waals surface area contributed by atoms with E-state index >= 15 is 0 Å². The van der Waals surface area contributed by atoms with E-state index < -0.39 is 0 Å². The monoisotopic (exact) mass is 606 g/mol. The van der Waals surface area contributed by atoms with Crippen molar-refractivity contribution < 1.29 is 4.39 Å². The van der Waals surface area contributed by atoms with Crippen LogP contribution in [0, 0.1) is 5.82 Å². The summed E-state index contributed by atoms with van der Waals surface area (Å²) in [6.45, 7) is 11.0. The van der Waals surface area contributed by atoms with Crippen LogP contribution in [0.2, 0.25) is 0 Å². The van der Waals surface area contributed by atoms with Gasteiger partial charge in [-0.05, 0) is 126 Å². The van der Waals surface area contributed by atoms with Gasteiger partial charge >= 0.3 is 0 Å². The largest absolute Gasteiger partial charge is 0.207 e. The number of hydrogen-bond donors (Lipinski definition) is 0. The van der Waals surface area contributed by atoms with E-state index in [2.05, 4.69) is 143 Å². The van der Waals surface area contributed by atoms with Gasteiger partial charge in [0, 0.05) is 5.41 Å². The third kappa shape index (κ3) is 4.57. The Hall–Kier alpha value is -5.53. The zero-order chi connectivity index (χ0) is 32.3. The molecule has 0 nitrogen and oxygen atoms in total. The lowest BCUT2D eigenvalue weighted by molar-refractivity contribution is 0.628. The summed E-state index contributed by atoms with van der Waals surface area (Å²) in [6.07, 6.45) is 6.27. The average Bonchev–Trinajstić information content (AvgIpc) is 3.33. The van der Waals surface area contributed by atoms with Crippen LogP contribution in [0.15, 0.2) is 140 Å². The molecule has 0 atom stereocenters. The van der Waals surface area contributed by atoms with Gasteiger partial charge in [-0.15, -0.1) is 0 Å². The summed E-state index contributed by atoms with van der Waals surface area (Å²) < 4.78 is 14.2. The van der Waals surface area contributed by atoms with Crippen molar-refractivity contribution in [3.05, 3.63) is 168 Å². The van der Waals surface area contributed by atoms with Gasteiger partial charge in [0.1, 0.15) is 5.82 Å². The van der Waals surface area contributed by atoms with Gasteiger partial charge in [-0.3, -0.25) is 0 Å². The zero-order valence-electron chi connectivity index (χ0n) is 26.9. The van der Waals surface area contributed by atoms with Gasteiger partial charge in [0.15, 0.2) is 0 Å². The first-order chi connectivity index (χ1) is 22.9. The lowest BCUT2D eigenvalue weighted by Crippen LogP contribution is -2.15. The highest BCUT2D eigenvalue weighted by Gasteiger charge is 2.35. The van der Waals surface area contributed by atoms with Crippen molar-refractivity contribution >= 4 is 33.7 Å². The first kappa shape index (κ1) is 28.9. The number of halogens is 1. The Morgan fingerprint density at radius 3 is 1.98 bits per heavy atom. The molecule has 47 heavy (non-hydrogen) atoms. The van der Waals surface area contributed by atoms with Gasteiger partial charge in [-0.25, -0.2) is 4.39 Å². The fraction of sp³-hybridized carbons (Fsp3) is 0.0870. The first-order valence-electron chi connectivity index (χ1n) is 16.3. The van der Waals surface area contributed by atoms with Gasteiger partial charge in [-0.1, -0.05) is 136 Å². The van der Waals surface area contributed by atoms with Crippen molar-refractivity contribution in [1.82, 2.24) is 0 Å². The Balaban J connectivity index is 1.47. The molecule has 0 bridgehead atoms. The molecule has 1 heteroatoms. The van der Waals surface area contributed by atoms with E-state index in [9.17, 15) is 4.39 Å². The molecule has 0 aliphatic heterocycles. The topological polar surface area (TPSA) is 0 Å². The minimum Gasteiger partial charge on any atom is -0.207 e. The molecule has 0 fully saturated rings. The fourth-order valence-electron chi connectivity index (χ4n) is 7.73. The summed E-state index contributed by atoms with van der Waals surface area (Å²) in [4.78, 5) is 0. The van der Waals surface area contributed by atoms with E-state index in [1.807, 2.05) is 18.2 Å². The van der Waals surface area contributed by atoms with Crippen LogP contribution < -0.4 is 0 Å². The van der Waals surface area contributed by atoms with Crippen LogP contribution in [0.25, 0.3) is 78.2 Å². The highest BCUT2D eigenvalue weighted by molar-refractivity contribution is 6.13. The Morgan fingerprint density at radius 2 is 1.19 bits per heavy atom. The Labute approximate surface area is 276 Å². The summed E-state index contributed by atoms with van der Waals surface area (Å²) in [5.41, 5.74) is 14.0. The Morgan fingerprint density at radius 1 is 0.553 bits per heavy atom. The highest BCUT2D eigenvalue weighted by Crippen LogP contribution is 2.51. The zero-order valence-corrected chi connectivity index (χ0v) is 26.9. The van der Waals surface area contributed by atoms with Crippen LogP contribution in [0.3, 0.4) is 0 Å². The van der Waals surface area contributed by atoms with E-state index in [-0.39, 0.29) is 11.2 Å². The van der Waals surface area contributed by atoms with Crippen molar-refractivity contribution in [3.8, 4) is 44.5 Å². The van der Waals surface area contributed by atoms with Crippen LogP contribution in [0.4, 0.5) is 4.39 Å². The van der Waals surface area contributed by atoms with Crippen molar-refractivity contribution in [2.24, 2.45) is 0 Å². The van der Waals surface area contributed by atoms with Gasteiger partial charge < -0.3 is 0 Å². The number of hydrogen-bond acceptors (Lipinski definition) is 0. The minimum atomic E-state index is -0.246. The standard InChI is InChI=1S/C46H35F/c1-5-11-39-36(6-2)44(30-18-22-35(47)23-19-30)40-25-20-33(32-17-16-29-12-7-8-13-31(29)26-32)27-41(40)45(39)34-21-24-38-37-14-9-10-15-42(37)46(3,4)43(38)28-34/h5-28H,2H2,1,3-4H3/b11-5-. The summed E-state index contributed by atoms with van der Waals surface area (Å²) in [5.74, 6) is -0.246. The minimum absolute atomic E-state index is 0.121. The van der Waals surface area contributed by atoms with Crippen LogP contribution >= 0.6 is 0 Å². The maximum atomic E-state index is 14.2. The molecule has 226 valence electrons. The number of benzene rings is 7. The second-order valence-electron chi connectivity index (χ2n) is 13.0. The summed E-state index contributed by atoms with van der Waals surface area (Å²) >= 11 is 0. The summed E-state index contributed by atoms with van der Waals surface area (Å²) in [7, 11) is 0. The molecule has 8 rings (SSSR count). The average molecular weight is 607 g/mol. The second-order valence-corrected chi connectivity index (χ2v) is 13.0. The van der Waals surface area contributed by atoms with E-state index in [1.54, 1.807) is 12.1 Å². The fourth-order valence-corrected chi connectivity index (χ4v) is 7.73. The van der Waals surface area contributed by atoms with Gasteiger partial charge in [-0.2, -0.15) is 0 Å². The van der Waals surface area contributed by atoms with Crippen molar-refractivity contribution in [2.45, 2.75) is 26.2 Å². The Kier molecular flexibility index (Phi) is 6.81. The van der Waals surface area contributed by atoms with Crippen molar-refractivity contribution in [1.29, 1.82) is 0 Å². The Bertz CT molecular complexity index is 2400. The molecule has 0 amide bonds. The first-order valence-corrected chi connectivity index (χ1v) is 16.3. The molecule has 0 N–H and O–H groups in total. The molecular formula is C46H35F. The number of fused-ring (bicyclic) bond motifs is 5. The number of rotatable bonds is 5. The van der Waals surface area contributed by atoms with Crippen LogP contribution in [-0.2, 0) is 5.41 Å². The number of allylic oxidation sites excluding steroid dienone is 1. The SMILES string of the molecule is C=Cc1c(/C=C\C)c(-c2ccc3c(c2)C(C)(C)c2ccccc2-3)c2cc(-c3ccc4ccccc4c3)ccc2c1-c1ccc(F)cc1. The molecular weight excluding hydrogens is 572 g/mol. The normalized spacial score (nSPS) is 13.3. The van der Waals surface area contributed by atoms with Crippen LogP contribution in [-0.4, -0.2) is 0 Å². The van der Waals surface area contributed by atoms with Gasteiger partial charge in [0.25, 0.3) is 0 Å². The van der Waals surface area contributed by atoms with Gasteiger partial charge in [0.2, 0.25) is 0 Å². The van der Waals surface area contributed by atoms with E-state index in [0.717, 1.165) is 38.6 Å². The molecule has 7 aromatic carbocycles. The third-order valence-corrected chi connectivity index (χ3v) is 10.0. The molecule has 0 spiro atoms. The van der Waals surface area contributed by atoms with E-state index in [1.165, 1.54) is 49.7 Å². The van der Waals surface area contributed by atoms with Crippen LogP contribution in [0.5, 0.6) is 0 Å². The molecule has 0 aromatic heterocycles. The highest BCUT2D eigenvalue weighted by atomic mass is 19.1. The third-order valence-electron chi connectivity index (χ3n) is 10.0. The van der Waals surface area contributed by atoms with Crippen LogP contribution in [0.1, 0.15) is 43.0 Å².